The van der Waals surface area contributed by atoms with Crippen LogP contribution in [0.4, 0.5) is 5.95 Å². The fourth-order valence-corrected chi connectivity index (χ4v) is 2.91. The highest BCUT2D eigenvalue weighted by molar-refractivity contribution is 5.29. The van der Waals surface area contributed by atoms with Crippen LogP contribution < -0.4 is 5.32 Å². The summed E-state index contributed by atoms with van der Waals surface area (Å²) in [5, 5.41) is 3.58. The Labute approximate surface area is 104 Å². The van der Waals surface area contributed by atoms with E-state index in [2.05, 4.69) is 34.9 Å². The predicted octanol–water partition coefficient (Wildman–Crippen LogP) is 3.06. The van der Waals surface area contributed by atoms with Crippen molar-refractivity contribution in [1.82, 2.24) is 9.55 Å². The van der Waals surface area contributed by atoms with Gasteiger partial charge >= 0.3 is 0 Å². The van der Waals surface area contributed by atoms with Crippen LogP contribution in [0.15, 0.2) is 6.20 Å². The van der Waals surface area contributed by atoms with Crippen LogP contribution in [0.5, 0.6) is 0 Å². The van der Waals surface area contributed by atoms with Crippen molar-refractivity contribution in [1.29, 1.82) is 0 Å². The first-order valence-electron chi connectivity index (χ1n) is 7.05. The molecule has 0 bridgehead atoms. The summed E-state index contributed by atoms with van der Waals surface area (Å²) in [6, 6.07) is 0. The van der Waals surface area contributed by atoms with Crippen molar-refractivity contribution in [2.75, 3.05) is 11.9 Å². The summed E-state index contributed by atoms with van der Waals surface area (Å²) < 4.78 is 2.21. The molecule has 0 unspecified atom stereocenters. The van der Waals surface area contributed by atoms with Gasteiger partial charge in [0.25, 0.3) is 0 Å². The van der Waals surface area contributed by atoms with Crippen LogP contribution in [0.3, 0.4) is 0 Å². The van der Waals surface area contributed by atoms with Gasteiger partial charge in [-0.15, -0.1) is 0 Å². The summed E-state index contributed by atoms with van der Waals surface area (Å²) in [4.78, 5) is 4.56. The fourth-order valence-electron chi connectivity index (χ4n) is 2.91. The van der Waals surface area contributed by atoms with E-state index >= 15 is 0 Å². The molecule has 3 rings (SSSR count). The van der Waals surface area contributed by atoms with E-state index in [0.29, 0.717) is 0 Å². The van der Waals surface area contributed by atoms with Crippen molar-refractivity contribution in [3.8, 4) is 0 Å². The largest absolute Gasteiger partial charge is 0.355 e. The van der Waals surface area contributed by atoms with Gasteiger partial charge in [0, 0.05) is 19.3 Å². The zero-order valence-electron chi connectivity index (χ0n) is 10.9. The van der Waals surface area contributed by atoms with Gasteiger partial charge in [-0.2, -0.15) is 0 Å². The molecule has 3 nitrogen and oxygen atoms in total. The molecule has 0 radical (unpaired) electrons. The minimum absolute atomic E-state index is 0.914. The quantitative estimate of drug-likeness (QED) is 0.818. The highest BCUT2D eigenvalue weighted by Gasteiger charge is 2.41. The molecule has 2 fully saturated rings. The molecule has 1 heterocycles. The van der Waals surface area contributed by atoms with E-state index < -0.39 is 0 Å². The van der Waals surface area contributed by atoms with Gasteiger partial charge in [0.05, 0.1) is 5.69 Å². The van der Waals surface area contributed by atoms with Crippen molar-refractivity contribution in [3.05, 3.63) is 11.9 Å². The molecule has 0 aromatic carbocycles. The van der Waals surface area contributed by atoms with Gasteiger partial charge in [0.1, 0.15) is 0 Å². The highest BCUT2D eigenvalue weighted by Crippen LogP contribution is 2.49. The first kappa shape index (κ1) is 11.1. The maximum Gasteiger partial charge on any atom is 0.203 e. The van der Waals surface area contributed by atoms with Crippen molar-refractivity contribution in [2.24, 2.45) is 17.8 Å². The highest BCUT2D eigenvalue weighted by atomic mass is 15.2. The lowest BCUT2D eigenvalue weighted by molar-refractivity contribution is 0.426. The number of anilines is 1. The average molecular weight is 233 g/mol. The molecule has 0 spiro atoms. The monoisotopic (exact) mass is 233 g/mol. The zero-order valence-corrected chi connectivity index (χ0v) is 10.9. The number of rotatable bonds is 6. The smallest absolute Gasteiger partial charge is 0.203 e. The molecule has 2 aliphatic rings. The molecule has 2 aliphatic carbocycles. The Morgan fingerprint density at radius 1 is 1.35 bits per heavy atom. The third-order valence-corrected chi connectivity index (χ3v) is 4.19. The van der Waals surface area contributed by atoms with Crippen LogP contribution in [0, 0.1) is 24.7 Å². The molecule has 1 aromatic heterocycles. The topological polar surface area (TPSA) is 29.9 Å². The van der Waals surface area contributed by atoms with Crippen LogP contribution in [-0.4, -0.2) is 16.1 Å². The lowest BCUT2D eigenvalue weighted by Crippen LogP contribution is -2.20. The van der Waals surface area contributed by atoms with Crippen molar-refractivity contribution < 1.29 is 0 Å². The lowest BCUT2D eigenvalue weighted by Gasteiger charge is -2.17. The van der Waals surface area contributed by atoms with E-state index in [1.54, 1.807) is 0 Å². The van der Waals surface area contributed by atoms with Gasteiger partial charge in [0.2, 0.25) is 5.95 Å². The Bertz CT molecular complexity index is 376. The molecule has 1 N–H and O–H groups in total. The number of hydrogen-bond acceptors (Lipinski definition) is 2. The van der Waals surface area contributed by atoms with Crippen molar-refractivity contribution >= 4 is 5.95 Å². The van der Waals surface area contributed by atoms with Gasteiger partial charge in [-0.1, -0.05) is 0 Å². The van der Waals surface area contributed by atoms with Crippen LogP contribution >= 0.6 is 0 Å². The third-order valence-electron chi connectivity index (χ3n) is 4.19. The molecule has 0 atom stereocenters. The summed E-state index contributed by atoms with van der Waals surface area (Å²) >= 11 is 0. The maximum absolute atomic E-state index is 4.56. The van der Waals surface area contributed by atoms with Crippen LogP contribution in [-0.2, 0) is 6.54 Å². The van der Waals surface area contributed by atoms with Gasteiger partial charge in [-0.05, 0) is 57.3 Å². The van der Waals surface area contributed by atoms with Gasteiger partial charge in [-0.25, -0.2) is 4.98 Å². The number of hydrogen-bond donors (Lipinski definition) is 1. The van der Waals surface area contributed by atoms with E-state index in [1.807, 2.05) is 0 Å². The first-order valence-corrected chi connectivity index (χ1v) is 7.05. The van der Waals surface area contributed by atoms with Crippen molar-refractivity contribution in [2.45, 2.75) is 46.1 Å². The van der Waals surface area contributed by atoms with E-state index in [1.165, 1.54) is 25.7 Å². The Hall–Kier alpha value is -0.990. The number of imidazole rings is 1. The predicted molar refractivity (Wildman–Crippen MR) is 70.1 cm³/mol. The second-order valence-corrected chi connectivity index (χ2v) is 5.71. The second kappa shape index (κ2) is 4.35. The standard InChI is InChI=1S/C14H23N3/c1-3-17-9-10(2)16-14(17)15-8-13(11-4-5-11)12-6-7-12/h9,11-13H,3-8H2,1-2H3,(H,15,16). The van der Waals surface area contributed by atoms with Crippen LogP contribution in [0.2, 0.25) is 0 Å². The van der Waals surface area contributed by atoms with Crippen LogP contribution in [0.25, 0.3) is 0 Å². The van der Waals surface area contributed by atoms with E-state index in [0.717, 1.165) is 42.5 Å². The first-order chi connectivity index (χ1) is 8.28. The summed E-state index contributed by atoms with van der Waals surface area (Å²) in [5.41, 5.74) is 1.11. The zero-order chi connectivity index (χ0) is 11.8. The molecule has 3 heteroatoms. The normalized spacial score (nSPS) is 19.9. The third kappa shape index (κ3) is 2.48. The second-order valence-electron chi connectivity index (χ2n) is 5.71. The SMILES string of the molecule is CCn1cc(C)nc1NCC(C1CC1)C1CC1. The molecule has 94 valence electrons. The number of nitrogens with one attached hydrogen (secondary N) is 1. The maximum atomic E-state index is 4.56. The minimum Gasteiger partial charge on any atom is -0.355 e. The molecule has 1 aromatic rings. The fraction of sp³-hybridized carbons (Fsp3) is 0.786. The molecule has 0 aliphatic heterocycles. The minimum atomic E-state index is 0.914. The number of nitrogens with zero attached hydrogens (tertiary/aromatic N) is 2. The Morgan fingerprint density at radius 3 is 2.53 bits per heavy atom. The summed E-state index contributed by atoms with van der Waals surface area (Å²) in [7, 11) is 0. The number of aromatic nitrogens is 2. The summed E-state index contributed by atoms with van der Waals surface area (Å²) in [5.74, 6) is 4.01. The van der Waals surface area contributed by atoms with Crippen molar-refractivity contribution in [3.63, 3.8) is 0 Å². The summed E-state index contributed by atoms with van der Waals surface area (Å²) in [6.07, 6.45) is 7.98. The average Bonchev–Trinajstić information content (AvgIpc) is 3.18. The molecule has 0 saturated heterocycles. The Morgan fingerprint density at radius 2 is 2.00 bits per heavy atom. The molecule has 2 saturated carbocycles. The van der Waals surface area contributed by atoms with E-state index in [4.69, 9.17) is 0 Å². The molecule has 0 amide bonds. The summed E-state index contributed by atoms with van der Waals surface area (Å²) in [6.45, 7) is 6.37. The lowest BCUT2D eigenvalue weighted by atomic mass is 9.98. The van der Waals surface area contributed by atoms with Gasteiger partial charge in [-0.3, -0.25) is 0 Å². The molecule has 17 heavy (non-hydrogen) atoms. The van der Waals surface area contributed by atoms with E-state index in [-0.39, 0.29) is 0 Å². The molecular weight excluding hydrogens is 210 g/mol. The van der Waals surface area contributed by atoms with E-state index in [9.17, 15) is 0 Å². The van der Waals surface area contributed by atoms with Gasteiger partial charge in [0.15, 0.2) is 0 Å². The molecular formula is C14H23N3. The van der Waals surface area contributed by atoms with Crippen LogP contribution in [0.1, 0.15) is 38.3 Å². The van der Waals surface area contributed by atoms with Gasteiger partial charge < -0.3 is 9.88 Å². The Balaban J connectivity index is 1.61. The Kier molecular flexibility index (Phi) is 2.85. The number of aryl methyl sites for hydroxylation is 2.